The quantitative estimate of drug-likeness (QED) is 0.848. The number of nitrogens with zero attached hydrogens (tertiary/aromatic N) is 1. The smallest absolute Gasteiger partial charge is 0.249 e. The van der Waals surface area contributed by atoms with Crippen molar-refractivity contribution in [1.29, 1.82) is 0 Å². The van der Waals surface area contributed by atoms with Gasteiger partial charge in [0.15, 0.2) is 0 Å². The van der Waals surface area contributed by atoms with E-state index in [-0.39, 0.29) is 30.3 Å². The first-order chi connectivity index (χ1) is 8.09. The van der Waals surface area contributed by atoms with E-state index in [1.165, 1.54) is 0 Å². The van der Waals surface area contributed by atoms with Gasteiger partial charge in [-0.2, -0.15) is 0 Å². The van der Waals surface area contributed by atoms with Gasteiger partial charge in [-0.05, 0) is 31.5 Å². The number of hydrogen-bond acceptors (Lipinski definition) is 3. The zero-order valence-electron chi connectivity index (χ0n) is 10.1. The van der Waals surface area contributed by atoms with Crippen molar-refractivity contribution in [2.45, 2.75) is 25.9 Å². The predicted molar refractivity (Wildman–Crippen MR) is 63.6 cm³/mol. The molecule has 2 rings (SSSR count). The normalized spacial score (nSPS) is 21.0. The van der Waals surface area contributed by atoms with Crippen molar-refractivity contribution < 1.29 is 14.6 Å². The number of rotatable bonds is 2. The lowest BCUT2D eigenvalue weighted by Crippen LogP contribution is -2.47. The number of hydrogen-bond donors (Lipinski definition) is 1. The minimum absolute atomic E-state index is 0.000377. The predicted octanol–water partition coefficient (Wildman–Crippen LogP) is 1.70. The van der Waals surface area contributed by atoms with E-state index in [4.69, 9.17) is 4.74 Å². The van der Waals surface area contributed by atoms with Crippen LogP contribution in [0.3, 0.4) is 0 Å². The van der Waals surface area contributed by atoms with Crippen molar-refractivity contribution in [3.8, 4) is 5.75 Å². The van der Waals surface area contributed by atoms with Crippen molar-refractivity contribution >= 4 is 5.91 Å². The van der Waals surface area contributed by atoms with Gasteiger partial charge in [0.2, 0.25) is 5.91 Å². The van der Waals surface area contributed by atoms with E-state index in [0.29, 0.717) is 6.61 Å². The molecule has 1 aromatic rings. The molecule has 1 N–H and O–H groups in total. The summed E-state index contributed by atoms with van der Waals surface area (Å²) in [4.78, 5) is 13.7. The van der Waals surface area contributed by atoms with Gasteiger partial charge in [0.05, 0.1) is 12.6 Å². The number of phenolic OH excluding ortho intramolecular Hbond substituents is 1. The van der Waals surface area contributed by atoms with Gasteiger partial charge in [-0.1, -0.05) is 12.1 Å². The van der Waals surface area contributed by atoms with Gasteiger partial charge in [-0.15, -0.1) is 0 Å². The Labute approximate surface area is 101 Å². The van der Waals surface area contributed by atoms with Gasteiger partial charge in [0.25, 0.3) is 0 Å². The van der Waals surface area contributed by atoms with Gasteiger partial charge in [0, 0.05) is 6.04 Å². The first-order valence-electron chi connectivity index (χ1n) is 5.77. The summed E-state index contributed by atoms with van der Waals surface area (Å²) >= 11 is 0. The molecular formula is C13H17NO3. The first-order valence-corrected chi connectivity index (χ1v) is 5.77. The number of phenols is 1. The molecule has 4 heteroatoms. The van der Waals surface area contributed by atoms with Crippen LogP contribution in [0.25, 0.3) is 0 Å². The lowest BCUT2D eigenvalue weighted by atomic mass is 10.0. The second-order valence-electron chi connectivity index (χ2n) is 4.52. The maximum Gasteiger partial charge on any atom is 0.249 e. The Hall–Kier alpha value is -1.55. The zero-order chi connectivity index (χ0) is 12.4. The van der Waals surface area contributed by atoms with Crippen molar-refractivity contribution in [2.75, 3.05) is 13.2 Å². The van der Waals surface area contributed by atoms with E-state index in [2.05, 4.69) is 0 Å². The standard InChI is InChI=1S/C13H17NO3/c1-9(2)14-12(7-17-8-13(14)16)10-4-3-5-11(15)6-10/h3-6,9,12,15H,7-8H2,1-2H3. The lowest BCUT2D eigenvalue weighted by molar-refractivity contribution is -0.151. The molecule has 1 aliphatic heterocycles. The van der Waals surface area contributed by atoms with E-state index >= 15 is 0 Å². The van der Waals surface area contributed by atoms with E-state index < -0.39 is 0 Å². The SMILES string of the molecule is CC(C)N1C(=O)COCC1c1cccc(O)c1. The summed E-state index contributed by atoms with van der Waals surface area (Å²) in [6.07, 6.45) is 0. The minimum Gasteiger partial charge on any atom is -0.508 e. The Bertz CT molecular complexity index is 417. The van der Waals surface area contributed by atoms with Crippen LogP contribution in [0.2, 0.25) is 0 Å². The summed E-state index contributed by atoms with van der Waals surface area (Å²) in [6, 6.07) is 7.00. The molecule has 92 valence electrons. The second-order valence-corrected chi connectivity index (χ2v) is 4.52. The maximum atomic E-state index is 11.8. The van der Waals surface area contributed by atoms with Crippen LogP contribution in [-0.4, -0.2) is 35.2 Å². The van der Waals surface area contributed by atoms with Gasteiger partial charge < -0.3 is 14.7 Å². The fourth-order valence-corrected chi connectivity index (χ4v) is 2.22. The third-order valence-electron chi connectivity index (χ3n) is 2.94. The Balaban J connectivity index is 2.31. The van der Waals surface area contributed by atoms with Crippen molar-refractivity contribution in [1.82, 2.24) is 4.90 Å². The molecule has 1 aromatic carbocycles. The third-order valence-corrected chi connectivity index (χ3v) is 2.94. The fourth-order valence-electron chi connectivity index (χ4n) is 2.22. The van der Waals surface area contributed by atoms with Gasteiger partial charge in [-0.25, -0.2) is 0 Å². The molecule has 1 unspecified atom stereocenters. The summed E-state index contributed by atoms with van der Waals surface area (Å²) in [7, 11) is 0. The first kappa shape index (κ1) is 11.9. The Morgan fingerprint density at radius 3 is 2.88 bits per heavy atom. The molecular weight excluding hydrogens is 218 g/mol. The number of ether oxygens (including phenoxy) is 1. The largest absolute Gasteiger partial charge is 0.508 e. The molecule has 0 aliphatic carbocycles. The Morgan fingerprint density at radius 2 is 2.24 bits per heavy atom. The molecule has 1 fully saturated rings. The zero-order valence-corrected chi connectivity index (χ0v) is 10.1. The molecule has 1 atom stereocenters. The molecule has 1 amide bonds. The monoisotopic (exact) mass is 235 g/mol. The van der Waals surface area contributed by atoms with Crippen LogP contribution in [0.1, 0.15) is 25.5 Å². The number of carbonyl (C=O) groups is 1. The number of carbonyl (C=O) groups excluding carboxylic acids is 1. The number of amides is 1. The maximum absolute atomic E-state index is 11.8. The van der Waals surface area contributed by atoms with E-state index in [9.17, 15) is 9.90 Å². The van der Waals surface area contributed by atoms with Crippen molar-refractivity contribution in [2.24, 2.45) is 0 Å². The Morgan fingerprint density at radius 1 is 1.47 bits per heavy atom. The van der Waals surface area contributed by atoms with Crippen LogP contribution in [0.5, 0.6) is 5.75 Å². The topological polar surface area (TPSA) is 49.8 Å². The average molecular weight is 235 g/mol. The van der Waals surface area contributed by atoms with E-state index in [1.54, 1.807) is 18.2 Å². The molecule has 1 saturated heterocycles. The minimum atomic E-state index is -0.108. The van der Waals surface area contributed by atoms with Gasteiger partial charge in [-0.3, -0.25) is 4.79 Å². The molecule has 1 heterocycles. The summed E-state index contributed by atoms with van der Waals surface area (Å²) in [5, 5.41) is 9.49. The molecule has 17 heavy (non-hydrogen) atoms. The summed E-state index contributed by atoms with van der Waals surface area (Å²) in [5.41, 5.74) is 0.909. The number of morpholine rings is 1. The fraction of sp³-hybridized carbons (Fsp3) is 0.462. The highest BCUT2D eigenvalue weighted by atomic mass is 16.5. The third kappa shape index (κ3) is 2.42. The lowest BCUT2D eigenvalue weighted by Gasteiger charge is -2.38. The van der Waals surface area contributed by atoms with Crippen LogP contribution in [0.4, 0.5) is 0 Å². The second kappa shape index (κ2) is 4.75. The van der Waals surface area contributed by atoms with E-state index in [0.717, 1.165) is 5.56 Å². The molecule has 4 nitrogen and oxygen atoms in total. The molecule has 0 bridgehead atoms. The number of benzene rings is 1. The highest BCUT2D eigenvalue weighted by Crippen LogP contribution is 2.28. The molecule has 0 saturated carbocycles. The highest BCUT2D eigenvalue weighted by molar-refractivity contribution is 5.79. The highest BCUT2D eigenvalue weighted by Gasteiger charge is 2.31. The molecule has 0 radical (unpaired) electrons. The van der Waals surface area contributed by atoms with Gasteiger partial charge >= 0.3 is 0 Å². The van der Waals surface area contributed by atoms with Gasteiger partial charge in [0.1, 0.15) is 12.4 Å². The Kier molecular flexibility index (Phi) is 3.33. The van der Waals surface area contributed by atoms with Crippen LogP contribution >= 0.6 is 0 Å². The summed E-state index contributed by atoms with van der Waals surface area (Å²) < 4.78 is 5.30. The number of aromatic hydroxyl groups is 1. The summed E-state index contributed by atoms with van der Waals surface area (Å²) in [6.45, 7) is 4.60. The van der Waals surface area contributed by atoms with Crippen molar-refractivity contribution in [3.05, 3.63) is 29.8 Å². The van der Waals surface area contributed by atoms with E-state index in [1.807, 2.05) is 24.8 Å². The average Bonchev–Trinajstić information content (AvgIpc) is 2.28. The van der Waals surface area contributed by atoms with Crippen LogP contribution < -0.4 is 0 Å². The van der Waals surface area contributed by atoms with Crippen LogP contribution in [-0.2, 0) is 9.53 Å². The van der Waals surface area contributed by atoms with Crippen molar-refractivity contribution in [3.63, 3.8) is 0 Å². The molecule has 0 spiro atoms. The summed E-state index contributed by atoms with van der Waals surface area (Å²) in [5.74, 6) is 0.212. The molecule has 0 aromatic heterocycles. The molecule has 1 aliphatic rings. The van der Waals surface area contributed by atoms with Crippen LogP contribution in [0.15, 0.2) is 24.3 Å². The van der Waals surface area contributed by atoms with Crippen LogP contribution in [0, 0.1) is 0 Å².